The Bertz CT molecular complexity index is 418. The van der Waals surface area contributed by atoms with E-state index in [2.05, 4.69) is 26.1 Å². The van der Waals surface area contributed by atoms with Crippen LogP contribution in [0.4, 0.5) is 0 Å². The molecule has 0 bridgehead atoms. The van der Waals surface area contributed by atoms with Crippen molar-refractivity contribution >= 4 is 0 Å². The van der Waals surface area contributed by atoms with Crippen molar-refractivity contribution in [2.24, 2.45) is 5.92 Å². The minimum atomic E-state index is 0.127. The van der Waals surface area contributed by atoms with Gasteiger partial charge in [-0.2, -0.15) is 0 Å². The third-order valence-corrected chi connectivity index (χ3v) is 3.40. The average Bonchev–Trinajstić information content (AvgIpc) is 2.43. The van der Waals surface area contributed by atoms with E-state index < -0.39 is 0 Å². The lowest BCUT2D eigenvalue weighted by Gasteiger charge is -2.20. The fourth-order valence-electron chi connectivity index (χ4n) is 2.26. The molecule has 1 aromatic carbocycles. The van der Waals surface area contributed by atoms with E-state index in [9.17, 15) is 5.11 Å². The number of rotatable bonds is 8. The second-order valence-electron chi connectivity index (χ2n) is 5.52. The van der Waals surface area contributed by atoms with Crippen LogP contribution in [0.25, 0.3) is 0 Å². The van der Waals surface area contributed by atoms with Crippen molar-refractivity contribution in [1.82, 2.24) is 5.32 Å². The zero-order valence-corrected chi connectivity index (χ0v) is 13.2. The first-order valence-electron chi connectivity index (χ1n) is 7.07. The Morgan fingerprint density at radius 3 is 2.25 bits per heavy atom. The number of aliphatic hydroxyl groups excluding tert-OH is 1. The maximum absolute atomic E-state index is 9.40. The molecule has 4 heteroatoms. The van der Waals surface area contributed by atoms with Crippen LogP contribution < -0.4 is 14.8 Å². The van der Waals surface area contributed by atoms with Crippen molar-refractivity contribution in [3.8, 4) is 11.5 Å². The fourth-order valence-corrected chi connectivity index (χ4v) is 2.26. The first-order valence-corrected chi connectivity index (χ1v) is 7.07. The van der Waals surface area contributed by atoms with E-state index in [4.69, 9.17) is 9.47 Å². The Morgan fingerprint density at radius 2 is 1.75 bits per heavy atom. The van der Waals surface area contributed by atoms with Gasteiger partial charge in [0.1, 0.15) is 0 Å². The molecule has 0 heterocycles. The third-order valence-electron chi connectivity index (χ3n) is 3.40. The van der Waals surface area contributed by atoms with Crippen molar-refractivity contribution in [1.29, 1.82) is 0 Å². The molecule has 0 aromatic heterocycles. The predicted molar refractivity (Wildman–Crippen MR) is 81.5 cm³/mol. The van der Waals surface area contributed by atoms with Gasteiger partial charge >= 0.3 is 0 Å². The Balaban J connectivity index is 2.76. The monoisotopic (exact) mass is 281 g/mol. The molecule has 0 fully saturated rings. The molecule has 0 saturated heterocycles. The van der Waals surface area contributed by atoms with Crippen LogP contribution in [0.3, 0.4) is 0 Å². The summed E-state index contributed by atoms with van der Waals surface area (Å²) in [6, 6.07) is 4.10. The highest BCUT2D eigenvalue weighted by Gasteiger charge is 2.12. The molecule has 1 aromatic rings. The molecule has 1 unspecified atom stereocenters. The lowest BCUT2D eigenvalue weighted by molar-refractivity contribution is 0.223. The van der Waals surface area contributed by atoms with Gasteiger partial charge in [-0.1, -0.05) is 13.8 Å². The maximum atomic E-state index is 9.40. The number of nitrogens with one attached hydrogen (secondary N) is 1. The van der Waals surface area contributed by atoms with Gasteiger partial charge in [0, 0.05) is 12.6 Å². The fraction of sp³-hybridized carbons (Fsp3) is 0.625. The van der Waals surface area contributed by atoms with E-state index in [1.165, 1.54) is 0 Å². The lowest BCUT2D eigenvalue weighted by atomic mass is 10.0. The van der Waals surface area contributed by atoms with Gasteiger partial charge in [0.2, 0.25) is 0 Å². The van der Waals surface area contributed by atoms with E-state index in [0.717, 1.165) is 29.0 Å². The second-order valence-corrected chi connectivity index (χ2v) is 5.52. The summed E-state index contributed by atoms with van der Waals surface area (Å²) in [7, 11) is 3.28. The number of methoxy groups -OCH3 is 2. The lowest BCUT2D eigenvalue weighted by Crippen LogP contribution is -2.33. The highest BCUT2D eigenvalue weighted by Crippen LogP contribution is 2.30. The van der Waals surface area contributed by atoms with Crippen molar-refractivity contribution in [2.75, 3.05) is 20.8 Å². The van der Waals surface area contributed by atoms with Gasteiger partial charge in [0.05, 0.1) is 20.8 Å². The molecule has 0 spiro atoms. The van der Waals surface area contributed by atoms with Crippen LogP contribution in [0, 0.1) is 12.8 Å². The van der Waals surface area contributed by atoms with Crippen LogP contribution >= 0.6 is 0 Å². The van der Waals surface area contributed by atoms with Crippen molar-refractivity contribution in [3.05, 3.63) is 23.3 Å². The second kappa shape index (κ2) is 8.12. The summed E-state index contributed by atoms with van der Waals surface area (Å²) in [5, 5.41) is 12.8. The number of benzene rings is 1. The van der Waals surface area contributed by atoms with Gasteiger partial charge in [0.15, 0.2) is 11.5 Å². The quantitative estimate of drug-likeness (QED) is 0.769. The molecule has 1 atom stereocenters. The van der Waals surface area contributed by atoms with E-state index in [0.29, 0.717) is 12.5 Å². The molecular formula is C16H27NO3. The summed E-state index contributed by atoms with van der Waals surface area (Å²) < 4.78 is 10.6. The van der Waals surface area contributed by atoms with Crippen LogP contribution in [-0.4, -0.2) is 32.0 Å². The van der Waals surface area contributed by atoms with Crippen molar-refractivity contribution < 1.29 is 14.6 Å². The van der Waals surface area contributed by atoms with Crippen LogP contribution in [-0.2, 0) is 6.54 Å². The SMILES string of the molecule is COc1cc(C)c(CNC(CO)CC(C)C)cc1OC. The first kappa shape index (κ1) is 16.8. The number of aryl methyl sites for hydroxylation is 1. The van der Waals surface area contributed by atoms with E-state index >= 15 is 0 Å². The maximum Gasteiger partial charge on any atom is 0.161 e. The Kier molecular flexibility index (Phi) is 6.82. The molecule has 4 nitrogen and oxygen atoms in total. The number of hydrogen-bond acceptors (Lipinski definition) is 4. The largest absolute Gasteiger partial charge is 0.493 e. The molecule has 114 valence electrons. The number of hydrogen-bond donors (Lipinski definition) is 2. The van der Waals surface area contributed by atoms with Gasteiger partial charge < -0.3 is 19.9 Å². The van der Waals surface area contributed by atoms with Gasteiger partial charge in [-0.05, 0) is 42.5 Å². The zero-order valence-electron chi connectivity index (χ0n) is 13.2. The smallest absolute Gasteiger partial charge is 0.161 e. The molecule has 0 saturated carbocycles. The van der Waals surface area contributed by atoms with Gasteiger partial charge in [-0.25, -0.2) is 0 Å². The molecule has 0 aliphatic carbocycles. The van der Waals surface area contributed by atoms with Gasteiger partial charge in [-0.15, -0.1) is 0 Å². The molecule has 0 amide bonds. The molecule has 2 N–H and O–H groups in total. The number of aliphatic hydroxyl groups is 1. The van der Waals surface area contributed by atoms with Crippen molar-refractivity contribution in [2.45, 2.75) is 39.8 Å². The van der Waals surface area contributed by atoms with Gasteiger partial charge in [-0.3, -0.25) is 0 Å². The van der Waals surface area contributed by atoms with Crippen molar-refractivity contribution in [3.63, 3.8) is 0 Å². The highest BCUT2D eigenvalue weighted by molar-refractivity contribution is 5.47. The number of ether oxygens (including phenoxy) is 2. The zero-order chi connectivity index (χ0) is 15.1. The summed E-state index contributed by atoms with van der Waals surface area (Å²) in [4.78, 5) is 0. The summed E-state index contributed by atoms with van der Waals surface area (Å²) in [5.74, 6) is 2.04. The van der Waals surface area contributed by atoms with Crippen LogP contribution in [0.15, 0.2) is 12.1 Å². The van der Waals surface area contributed by atoms with E-state index in [-0.39, 0.29) is 12.6 Å². The Morgan fingerprint density at radius 1 is 1.15 bits per heavy atom. The minimum Gasteiger partial charge on any atom is -0.493 e. The summed E-state index contributed by atoms with van der Waals surface area (Å²) in [5.41, 5.74) is 2.31. The summed E-state index contributed by atoms with van der Waals surface area (Å²) >= 11 is 0. The standard InChI is InChI=1S/C16H27NO3/c1-11(2)6-14(10-18)17-9-13-8-16(20-5)15(19-4)7-12(13)3/h7-8,11,14,17-18H,6,9-10H2,1-5H3. The predicted octanol–water partition coefficient (Wildman–Crippen LogP) is 2.51. The van der Waals surface area contributed by atoms with Crippen LogP contribution in [0.2, 0.25) is 0 Å². The normalized spacial score (nSPS) is 12.6. The topological polar surface area (TPSA) is 50.7 Å². The molecule has 0 radical (unpaired) electrons. The van der Waals surface area contributed by atoms with E-state index in [1.807, 2.05) is 12.1 Å². The molecule has 0 aliphatic heterocycles. The molecule has 0 aliphatic rings. The Labute approximate surface area is 122 Å². The Hall–Kier alpha value is -1.26. The minimum absolute atomic E-state index is 0.127. The molecule has 20 heavy (non-hydrogen) atoms. The summed E-state index contributed by atoms with van der Waals surface area (Å²) in [6.07, 6.45) is 0.961. The van der Waals surface area contributed by atoms with Crippen LogP contribution in [0.1, 0.15) is 31.4 Å². The third kappa shape index (κ3) is 4.69. The highest BCUT2D eigenvalue weighted by atomic mass is 16.5. The molecular weight excluding hydrogens is 254 g/mol. The first-order chi connectivity index (χ1) is 9.51. The molecule has 1 rings (SSSR count). The van der Waals surface area contributed by atoms with E-state index in [1.54, 1.807) is 14.2 Å². The average molecular weight is 281 g/mol. The van der Waals surface area contributed by atoms with Gasteiger partial charge in [0.25, 0.3) is 0 Å². The van der Waals surface area contributed by atoms with Crippen LogP contribution in [0.5, 0.6) is 11.5 Å². The summed E-state index contributed by atoms with van der Waals surface area (Å²) in [6.45, 7) is 7.24.